The highest BCUT2D eigenvalue weighted by Gasteiger charge is 2.24. The van der Waals surface area contributed by atoms with Gasteiger partial charge in [0.15, 0.2) is 5.78 Å². The van der Waals surface area contributed by atoms with Crippen LogP contribution in [0.3, 0.4) is 0 Å². The Bertz CT molecular complexity index is 499. The van der Waals surface area contributed by atoms with Crippen LogP contribution in [-0.4, -0.2) is 47.9 Å². The Hall–Kier alpha value is -1.07. The summed E-state index contributed by atoms with van der Waals surface area (Å²) in [5, 5.41) is 1.15. The molecule has 0 radical (unpaired) electrons. The summed E-state index contributed by atoms with van der Waals surface area (Å²) in [6.45, 7) is 7.04. The number of thioether (sulfide) groups is 1. The first-order valence-electron chi connectivity index (χ1n) is 7.24. The van der Waals surface area contributed by atoms with Gasteiger partial charge in [0.25, 0.3) is 0 Å². The van der Waals surface area contributed by atoms with Gasteiger partial charge >= 0.3 is 0 Å². The van der Waals surface area contributed by atoms with E-state index >= 15 is 0 Å². The number of carbonyl (C=O) groups is 1. The van der Waals surface area contributed by atoms with Crippen LogP contribution in [0.4, 0.5) is 4.39 Å². The van der Waals surface area contributed by atoms with Crippen molar-refractivity contribution in [3.8, 4) is 5.75 Å². The van der Waals surface area contributed by atoms with Crippen molar-refractivity contribution in [3.63, 3.8) is 0 Å². The first kappa shape index (κ1) is 16.3. The minimum absolute atomic E-state index is 0.0764. The quantitative estimate of drug-likeness (QED) is 0.781. The van der Waals surface area contributed by atoms with Gasteiger partial charge in [0.2, 0.25) is 0 Å². The smallest absolute Gasteiger partial charge is 0.170 e. The van der Waals surface area contributed by atoms with Crippen molar-refractivity contribution < 1.29 is 13.9 Å². The number of rotatable bonds is 5. The van der Waals surface area contributed by atoms with E-state index in [0.29, 0.717) is 29.2 Å². The van der Waals surface area contributed by atoms with Crippen LogP contribution in [0.15, 0.2) is 18.2 Å². The van der Waals surface area contributed by atoms with Gasteiger partial charge in [-0.15, -0.1) is 0 Å². The van der Waals surface area contributed by atoms with E-state index in [-0.39, 0.29) is 11.3 Å². The molecule has 2 atom stereocenters. The van der Waals surface area contributed by atoms with Crippen molar-refractivity contribution in [2.75, 3.05) is 26.7 Å². The Balaban J connectivity index is 1.99. The lowest BCUT2D eigenvalue weighted by Gasteiger charge is -2.34. The lowest BCUT2D eigenvalue weighted by Crippen LogP contribution is -2.41. The molecule has 5 heteroatoms. The van der Waals surface area contributed by atoms with Crippen LogP contribution in [0.5, 0.6) is 5.75 Å². The van der Waals surface area contributed by atoms with Gasteiger partial charge in [-0.1, -0.05) is 19.9 Å². The van der Waals surface area contributed by atoms with Crippen LogP contribution in [0.1, 0.15) is 30.6 Å². The summed E-state index contributed by atoms with van der Waals surface area (Å²) >= 11 is 1.98. The zero-order valence-electron chi connectivity index (χ0n) is 12.8. The second kappa shape index (κ2) is 7.27. The van der Waals surface area contributed by atoms with Gasteiger partial charge in [0.1, 0.15) is 11.6 Å². The summed E-state index contributed by atoms with van der Waals surface area (Å²) in [6, 6.07) is 4.48. The van der Waals surface area contributed by atoms with Gasteiger partial charge in [-0.2, -0.15) is 11.8 Å². The van der Waals surface area contributed by atoms with Gasteiger partial charge in [0.05, 0.1) is 12.7 Å². The Morgan fingerprint density at radius 1 is 1.38 bits per heavy atom. The Morgan fingerprint density at radius 2 is 2.05 bits per heavy atom. The predicted molar refractivity (Wildman–Crippen MR) is 84.9 cm³/mol. The number of ether oxygens (including phenoxy) is 1. The third kappa shape index (κ3) is 4.20. The zero-order chi connectivity index (χ0) is 15.4. The molecule has 3 nitrogen and oxygen atoms in total. The monoisotopic (exact) mass is 311 g/mol. The topological polar surface area (TPSA) is 29.5 Å². The molecule has 0 aliphatic carbocycles. The first-order chi connectivity index (χ1) is 10.0. The van der Waals surface area contributed by atoms with Crippen molar-refractivity contribution in [3.05, 3.63) is 29.6 Å². The summed E-state index contributed by atoms with van der Waals surface area (Å²) in [7, 11) is 1.46. The molecule has 1 aromatic carbocycles. The molecule has 116 valence electrons. The van der Waals surface area contributed by atoms with Crippen molar-refractivity contribution in [1.82, 2.24) is 4.90 Å². The van der Waals surface area contributed by atoms with Crippen LogP contribution in [-0.2, 0) is 0 Å². The fourth-order valence-electron chi connectivity index (χ4n) is 2.80. The number of methoxy groups -OCH3 is 1. The van der Waals surface area contributed by atoms with Crippen molar-refractivity contribution in [2.24, 2.45) is 0 Å². The van der Waals surface area contributed by atoms with E-state index in [1.165, 1.54) is 13.2 Å². The number of nitrogens with zero attached hydrogens (tertiary/aromatic N) is 1. The standard InChI is InChI=1S/C16H22FNO2S/c1-11-9-18(10-12(2)21-11)8-7-14(19)16-13(17)5-4-6-15(16)20-3/h4-6,11-12H,7-10H2,1-3H3. The highest BCUT2D eigenvalue weighted by molar-refractivity contribution is 8.00. The molecule has 2 rings (SSSR count). The van der Waals surface area contributed by atoms with Crippen molar-refractivity contribution in [2.45, 2.75) is 30.8 Å². The van der Waals surface area contributed by atoms with Crippen LogP contribution >= 0.6 is 11.8 Å². The maximum Gasteiger partial charge on any atom is 0.170 e. The van der Waals surface area contributed by atoms with E-state index in [0.717, 1.165) is 13.1 Å². The second-order valence-corrected chi connectivity index (χ2v) is 7.39. The highest BCUT2D eigenvalue weighted by atomic mass is 32.2. The Labute approximate surface area is 129 Å². The van der Waals surface area contributed by atoms with Gasteiger partial charge in [0, 0.05) is 36.6 Å². The van der Waals surface area contributed by atoms with E-state index in [9.17, 15) is 9.18 Å². The molecule has 1 fully saturated rings. The molecule has 1 heterocycles. The lowest BCUT2D eigenvalue weighted by atomic mass is 10.1. The maximum atomic E-state index is 13.9. The van der Waals surface area contributed by atoms with E-state index in [1.54, 1.807) is 12.1 Å². The van der Waals surface area contributed by atoms with Gasteiger partial charge in [-0.05, 0) is 12.1 Å². The van der Waals surface area contributed by atoms with Crippen LogP contribution in [0, 0.1) is 5.82 Å². The Morgan fingerprint density at radius 3 is 2.67 bits per heavy atom. The minimum atomic E-state index is -0.504. The third-order valence-electron chi connectivity index (χ3n) is 3.62. The summed E-state index contributed by atoms with van der Waals surface area (Å²) in [6.07, 6.45) is 0.321. The number of benzene rings is 1. The normalized spacial score (nSPS) is 23.0. The lowest BCUT2D eigenvalue weighted by molar-refractivity contribution is 0.0956. The second-order valence-electron chi connectivity index (χ2n) is 5.51. The molecule has 0 aromatic heterocycles. The number of ketones is 1. The zero-order valence-corrected chi connectivity index (χ0v) is 13.6. The summed E-state index contributed by atoms with van der Waals surface area (Å²) in [5.41, 5.74) is 0.0764. The molecule has 21 heavy (non-hydrogen) atoms. The molecule has 1 saturated heterocycles. The number of hydrogen-bond acceptors (Lipinski definition) is 4. The fourth-order valence-corrected chi connectivity index (χ4v) is 4.18. The molecular weight excluding hydrogens is 289 g/mol. The number of Topliss-reactive ketones (excluding diaryl/α,β-unsaturated/α-hetero) is 1. The molecule has 0 N–H and O–H groups in total. The maximum absolute atomic E-state index is 13.9. The van der Waals surface area contributed by atoms with Crippen LogP contribution in [0.2, 0.25) is 0 Å². The average Bonchev–Trinajstić information content (AvgIpc) is 2.43. The van der Waals surface area contributed by atoms with Crippen molar-refractivity contribution in [1.29, 1.82) is 0 Å². The molecule has 1 aromatic rings. The summed E-state index contributed by atoms with van der Waals surface area (Å²) < 4.78 is 19.0. The highest BCUT2D eigenvalue weighted by Crippen LogP contribution is 2.26. The Kier molecular flexibility index (Phi) is 5.65. The number of halogens is 1. The molecule has 2 unspecified atom stereocenters. The minimum Gasteiger partial charge on any atom is -0.496 e. The molecule has 0 spiro atoms. The molecule has 1 aliphatic heterocycles. The first-order valence-corrected chi connectivity index (χ1v) is 8.19. The van der Waals surface area contributed by atoms with Crippen molar-refractivity contribution >= 4 is 17.5 Å². The fraction of sp³-hybridized carbons (Fsp3) is 0.562. The molecule has 0 bridgehead atoms. The molecular formula is C16H22FNO2S. The summed E-state index contributed by atoms with van der Waals surface area (Å²) in [4.78, 5) is 14.6. The average molecular weight is 311 g/mol. The SMILES string of the molecule is COc1cccc(F)c1C(=O)CCN1CC(C)SC(C)C1. The van der Waals surface area contributed by atoms with Gasteiger partial charge in [-0.25, -0.2) is 4.39 Å². The molecule has 1 aliphatic rings. The van der Waals surface area contributed by atoms with E-state index < -0.39 is 5.82 Å². The number of hydrogen-bond donors (Lipinski definition) is 0. The van der Waals surface area contributed by atoms with E-state index in [1.807, 2.05) is 11.8 Å². The van der Waals surface area contributed by atoms with E-state index in [2.05, 4.69) is 18.7 Å². The van der Waals surface area contributed by atoms with Gasteiger partial charge in [-0.3, -0.25) is 4.79 Å². The van der Waals surface area contributed by atoms with Crippen LogP contribution < -0.4 is 4.74 Å². The summed E-state index contributed by atoms with van der Waals surface area (Å²) in [5.74, 6) is -0.380. The molecule has 0 amide bonds. The van der Waals surface area contributed by atoms with Gasteiger partial charge < -0.3 is 9.64 Å². The largest absolute Gasteiger partial charge is 0.496 e. The van der Waals surface area contributed by atoms with Crippen LogP contribution in [0.25, 0.3) is 0 Å². The third-order valence-corrected chi connectivity index (χ3v) is 4.85. The predicted octanol–water partition coefficient (Wildman–Crippen LogP) is 3.23. The molecule has 0 saturated carbocycles. The van der Waals surface area contributed by atoms with E-state index in [4.69, 9.17) is 4.74 Å². The number of carbonyl (C=O) groups excluding carboxylic acids is 1.